The number of rotatable bonds is 10. The summed E-state index contributed by atoms with van der Waals surface area (Å²) in [5.41, 5.74) is 1.92. The van der Waals surface area contributed by atoms with Gasteiger partial charge in [-0.15, -0.1) is 0 Å². The molecule has 0 spiro atoms. The average molecular weight is 551 g/mol. The topological polar surface area (TPSA) is 102 Å². The number of hydrogen-bond donors (Lipinski definition) is 1. The first kappa shape index (κ1) is 28.0. The molecule has 1 N–H and O–H groups in total. The highest BCUT2D eigenvalue weighted by atomic mass is 16.5. The van der Waals surface area contributed by atoms with Crippen LogP contribution in [-0.2, 0) is 20.7 Å². The zero-order valence-corrected chi connectivity index (χ0v) is 23.5. The Morgan fingerprint density at radius 1 is 1.07 bits per heavy atom. The molecule has 2 saturated heterocycles. The standard InChI is InChI=1S/C31H38N2O7/c1-4-14-39-25-9-6-21(19-26(25)38-5-2)28-27(29(34)22-7-8-24-23(18-22)17-20(3)40-24)30(35)31(36)33(28)11-10-32-12-15-37-16-13-32/h6-9,18-20,28,34H,4-5,10-17H2,1-3H3/b29-27+. The van der Waals surface area contributed by atoms with Crippen LogP contribution in [0.4, 0.5) is 0 Å². The van der Waals surface area contributed by atoms with Gasteiger partial charge in [-0.3, -0.25) is 9.59 Å². The van der Waals surface area contributed by atoms with Gasteiger partial charge in [-0.05, 0) is 61.2 Å². The third-order valence-corrected chi connectivity index (χ3v) is 7.64. The number of nitrogens with one attached hydrogen (secondary N) is 1. The lowest BCUT2D eigenvalue weighted by molar-refractivity contribution is -0.907. The van der Waals surface area contributed by atoms with Crippen molar-refractivity contribution in [3.8, 4) is 17.2 Å². The third kappa shape index (κ3) is 5.67. The summed E-state index contributed by atoms with van der Waals surface area (Å²) in [5.74, 6) is 0.0296. The highest BCUT2D eigenvalue weighted by Gasteiger charge is 2.45. The van der Waals surface area contributed by atoms with Crippen LogP contribution in [0, 0.1) is 0 Å². The molecule has 214 valence electrons. The lowest BCUT2D eigenvalue weighted by Crippen LogP contribution is -3.14. The van der Waals surface area contributed by atoms with Gasteiger partial charge in [0, 0.05) is 12.0 Å². The van der Waals surface area contributed by atoms with Crippen LogP contribution in [0.3, 0.4) is 0 Å². The van der Waals surface area contributed by atoms with E-state index in [1.165, 1.54) is 4.90 Å². The second kappa shape index (κ2) is 12.3. The van der Waals surface area contributed by atoms with E-state index in [1.54, 1.807) is 35.2 Å². The number of carbonyl (C=O) groups is 2. The fraction of sp³-hybridized carbons (Fsp3) is 0.484. The number of ketones is 1. The maximum Gasteiger partial charge on any atom is 0.295 e. The van der Waals surface area contributed by atoms with Crippen LogP contribution < -0.4 is 24.2 Å². The van der Waals surface area contributed by atoms with E-state index in [2.05, 4.69) is 0 Å². The summed E-state index contributed by atoms with van der Waals surface area (Å²) in [6, 6.07) is 9.83. The van der Waals surface area contributed by atoms with Crippen LogP contribution in [0.1, 0.15) is 49.9 Å². The van der Waals surface area contributed by atoms with Crippen LogP contribution in [0.15, 0.2) is 42.0 Å². The second-order valence-electron chi connectivity index (χ2n) is 10.5. The van der Waals surface area contributed by atoms with Gasteiger partial charge in [0.1, 0.15) is 24.9 Å². The minimum atomic E-state index is -0.823. The van der Waals surface area contributed by atoms with Crippen molar-refractivity contribution in [1.82, 2.24) is 4.90 Å². The van der Waals surface area contributed by atoms with Gasteiger partial charge < -0.3 is 33.9 Å². The van der Waals surface area contributed by atoms with Crippen molar-refractivity contribution >= 4 is 17.4 Å². The second-order valence-corrected chi connectivity index (χ2v) is 10.5. The van der Waals surface area contributed by atoms with E-state index in [0.29, 0.717) is 68.6 Å². The number of quaternary nitrogens is 1. The van der Waals surface area contributed by atoms with Crippen LogP contribution >= 0.6 is 0 Å². The minimum absolute atomic E-state index is 0.0269. The van der Waals surface area contributed by atoms with Crippen molar-refractivity contribution in [2.45, 2.75) is 45.8 Å². The molecule has 2 aromatic carbocycles. The summed E-state index contributed by atoms with van der Waals surface area (Å²) in [5, 5.41) is 14.0. The summed E-state index contributed by atoms with van der Waals surface area (Å²) in [7, 11) is 0. The number of benzene rings is 2. The Balaban J connectivity index is 1.56. The maximum absolute atomic E-state index is 14.0. The average Bonchev–Trinajstić information content (AvgIpc) is 3.46. The fourth-order valence-electron chi connectivity index (χ4n) is 5.65. The van der Waals surface area contributed by atoms with Crippen molar-refractivity contribution < 1.29 is 38.5 Å². The lowest BCUT2D eigenvalue weighted by atomic mass is 9.94. The summed E-state index contributed by atoms with van der Waals surface area (Å²) in [6.07, 6.45) is 1.56. The maximum atomic E-state index is 14.0. The molecule has 1 amide bonds. The molecular formula is C31H38N2O7. The van der Waals surface area contributed by atoms with Crippen LogP contribution in [0.25, 0.3) is 5.76 Å². The molecule has 2 aromatic rings. The largest absolute Gasteiger partial charge is 0.872 e. The molecule has 0 aromatic heterocycles. The van der Waals surface area contributed by atoms with Gasteiger partial charge >= 0.3 is 0 Å². The SMILES string of the molecule is CCCOc1ccc(C2/C(=C(\[O-])c3ccc4c(c3)CC(C)O4)C(=O)C(=O)N2CC[NH+]2CCOCC2)cc1OCC. The molecule has 0 radical (unpaired) electrons. The van der Waals surface area contributed by atoms with Gasteiger partial charge in [-0.2, -0.15) is 0 Å². The van der Waals surface area contributed by atoms with Gasteiger partial charge in [-0.1, -0.05) is 24.8 Å². The summed E-state index contributed by atoms with van der Waals surface area (Å²) in [4.78, 5) is 29.8. The van der Waals surface area contributed by atoms with Gasteiger partial charge in [-0.25, -0.2) is 0 Å². The van der Waals surface area contributed by atoms with Crippen LogP contribution in [0.2, 0.25) is 0 Å². The van der Waals surface area contributed by atoms with Crippen molar-refractivity contribution in [2.75, 3.05) is 52.6 Å². The molecule has 9 nitrogen and oxygen atoms in total. The van der Waals surface area contributed by atoms with Gasteiger partial charge in [0.15, 0.2) is 11.5 Å². The molecule has 40 heavy (non-hydrogen) atoms. The molecule has 0 saturated carbocycles. The first-order chi connectivity index (χ1) is 19.4. The Morgan fingerprint density at radius 3 is 2.62 bits per heavy atom. The Bertz CT molecular complexity index is 1280. The molecule has 3 aliphatic heterocycles. The number of hydrogen-bond acceptors (Lipinski definition) is 7. The molecule has 5 rings (SSSR count). The molecule has 0 aliphatic carbocycles. The van der Waals surface area contributed by atoms with E-state index in [0.717, 1.165) is 30.8 Å². The van der Waals surface area contributed by atoms with Crippen LogP contribution in [0.5, 0.6) is 17.2 Å². The zero-order valence-electron chi connectivity index (χ0n) is 23.5. The number of fused-ring (bicyclic) bond motifs is 1. The van der Waals surface area contributed by atoms with Gasteiger partial charge in [0.25, 0.3) is 5.91 Å². The van der Waals surface area contributed by atoms with E-state index >= 15 is 0 Å². The molecule has 0 bridgehead atoms. The Hall–Kier alpha value is -3.56. The number of likely N-dealkylation sites (tertiary alicyclic amines) is 1. The number of Topliss-reactive ketones (excluding diaryl/α,β-unsaturated/α-hetero) is 1. The minimum Gasteiger partial charge on any atom is -0.872 e. The summed E-state index contributed by atoms with van der Waals surface area (Å²) >= 11 is 0. The molecule has 9 heteroatoms. The van der Waals surface area contributed by atoms with E-state index in [9.17, 15) is 14.7 Å². The number of ether oxygens (including phenoxy) is 4. The highest BCUT2D eigenvalue weighted by molar-refractivity contribution is 6.46. The number of nitrogens with zero attached hydrogens (tertiary/aromatic N) is 1. The number of morpholine rings is 1. The van der Waals surface area contributed by atoms with Crippen molar-refractivity contribution in [2.24, 2.45) is 0 Å². The zero-order chi connectivity index (χ0) is 28.2. The quantitative estimate of drug-likeness (QED) is 0.271. The lowest BCUT2D eigenvalue weighted by Gasteiger charge is -2.30. The highest BCUT2D eigenvalue weighted by Crippen LogP contribution is 2.42. The van der Waals surface area contributed by atoms with E-state index in [-0.39, 0.29) is 11.7 Å². The third-order valence-electron chi connectivity index (χ3n) is 7.64. The first-order valence-corrected chi connectivity index (χ1v) is 14.3. The Kier molecular flexibility index (Phi) is 8.61. The van der Waals surface area contributed by atoms with Crippen molar-refractivity contribution in [1.29, 1.82) is 0 Å². The smallest absolute Gasteiger partial charge is 0.295 e. The predicted molar refractivity (Wildman–Crippen MR) is 146 cm³/mol. The number of amides is 1. The summed E-state index contributed by atoms with van der Waals surface area (Å²) < 4.78 is 23.0. The normalized spacial score (nSPS) is 22.3. The van der Waals surface area contributed by atoms with Crippen molar-refractivity contribution in [3.05, 3.63) is 58.7 Å². The predicted octanol–water partition coefficient (Wildman–Crippen LogP) is 1.34. The molecule has 3 heterocycles. The van der Waals surface area contributed by atoms with Gasteiger partial charge in [0.05, 0.1) is 45.6 Å². The van der Waals surface area contributed by atoms with E-state index in [4.69, 9.17) is 18.9 Å². The monoisotopic (exact) mass is 550 g/mol. The molecule has 3 aliphatic rings. The van der Waals surface area contributed by atoms with Gasteiger partial charge in [0.2, 0.25) is 5.78 Å². The molecule has 2 unspecified atom stereocenters. The number of carbonyl (C=O) groups excluding carboxylic acids is 2. The van der Waals surface area contributed by atoms with E-state index in [1.807, 2.05) is 26.8 Å². The molecular weight excluding hydrogens is 512 g/mol. The van der Waals surface area contributed by atoms with E-state index < -0.39 is 23.5 Å². The summed E-state index contributed by atoms with van der Waals surface area (Å²) in [6.45, 7) is 10.8. The van der Waals surface area contributed by atoms with Crippen LogP contribution in [-0.4, -0.2) is 75.3 Å². The Morgan fingerprint density at radius 2 is 1.88 bits per heavy atom. The fourth-order valence-corrected chi connectivity index (χ4v) is 5.65. The Labute approximate surface area is 235 Å². The first-order valence-electron chi connectivity index (χ1n) is 14.3. The molecule has 2 fully saturated rings. The molecule has 2 atom stereocenters. The van der Waals surface area contributed by atoms with Crippen molar-refractivity contribution in [3.63, 3.8) is 0 Å².